The van der Waals surface area contributed by atoms with E-state index < -0.39 is 11.7 Å². The second-order valence-electron chi connectivity index (χ2n) is 6.70. The number of piperazine rings is 1. The standard InChI is InChI=1S/C19H20F3N3.ClH/c20-19(21,22)17-4-2-1-3-16(17)14-5-8-18(23-13-14)25-11-9-24(10-12-25)15-6-7-15;/h1-5,8,13,15H,6-7,9-12H2;1H. The second kappa shape index (κ2) is 7.45. The number of aromatic nitrogens is 1. The summed E-state index contributed by atoms with van der Waals surface area (Å²) in [5.41, 5.74) is 0.0449. The van der Waals surface area contributed by atoms with Crippen LogP contribution in [-0.2, 0) is 6.18 Å². The van der Waals surface area contributed by atoms with Crippen molar-refractivity contribution in [2.45, 2.75) is 25.1 Å². The number of alkyl halides is 3. The zero-order valence-electron chi connectivity index (χ0n) is 14.2. The van der Waals surface area contributed by atoms with Crippen molar-refractivity contribution in [2.75, 3.05) is 31.1 Å². The first-order chi connectivity index (χ1) is 12.0. The summed E-state index contributed by atoms with van der Waals surface area (Å²) in [5, 5.41) is 0. The Balaban J connectivity index is 0.00000196. The lowest BCUT2D eigenvalue weighted by Gasteiger charge is -2.35. The van der Waals surface area contributed by atoms with Gasteiger partial charge in [-0.1, -0.05) is 18.2 Å². The zero-order chi connectivity index (χ0) is 17.4. The maximum atomic E-state index is 13.2. The highest BCUT2D eigenvalue weighted by atomic mass is 35.5. The van der Waals surface area contributed by atoms with E-state index in [1.807, 2.05) is 6.07 Å². The Morgan fingerprint density at radius 1 is 0.923 bits per heavy atom. The fraction of sp³-hybridized carbons (Fsp3) is 0.421. The number of halogens is 4. The molecule has 2 aliphatic rings. The summed E-state index contributed by atoms with van der Waals surface area (Å²) in [7, 11) is 0. The molecule has 0 bridgehead atoms. The van der Waals surface area contributed by atoms with Crippen molar-refractivity contribution < 1.29 is 13.2 Å². The van der Waals surface area contributed by atoms with Crippen LogP contribution in [0.4, 0.5) is 19.0 Å². The van der Waals surface area contributed by atoms with Crippen LogP contribution in [0.2, 0.25) is 0 Å². The minimum atomic E-state index is -4.37. The van der Waals surface area contributed by atoms with E-state index in [0.29, 0.717) is 5.56 Å². The Morgan fingerprint density at radius 3 is 2.19 bits per heavy atom. The van der Waals surface area contributed by atoms with Crippen molar-refractivity contribution in [3.63, 3.8) is 0 Å². The predicted molar refractivity (Wildman–Crippen MR) is 98.7 cm³/mol. The van der Waals surface area contributed by atoms with Gasteiger partial charge in [-0.2, -0.15) is 13.2 Å². The molecule has 1 saturated carbocycles. The molecule has 2 heterocycles. The number of pyridine rings is 1. The molecule has 1 saturated heterocycles. The van der Waals surface area contributed by atoms with Crippen LogP contribution in [0, 0.1) is 0 Å². The molecule has 1 aliphatic heterocycles. The van der Waals surface area contributed by atoms with Crippen LogP contribution >= 0.6 is 12.4 Å². The van der Waals surface area contributed by atoms with E-state index in [4.69, 9.17) is 0 Å². The van der Waals surface area contributed by atoms with Gasteiger partial charge < -0.3 is 4.90 Å². The first-order valence-electron chi connectivity index (χ1n) is 8.64. The first kappa shape index (κ1) is 19.0. The number of hydrogen-bond donors (Lipinski definition) is 0. The highest BCUT2D eigenvalue weighted by Crippen LogP contribution is 2.37. The van der Waals surface area contributed by atoms with Crippen molar-refractivity contribution in [2.24, 2.45) is 0 Å². The lowest BCUT2D eigenvalue weighted by atomic mass is 10.0. The third kappa shape index (κ3) is 3.96. The third-order valence-electron chi connectivity index (χ3n) is 4.99. The molecule has 0 spiro atoms. The van der Waals surface area contributed by atoms with Gasteiger partial charge in [0.15, 0.2) is 0 Å². The van der Waals surface area contributed by atoms with E-state index in [2.05, 4.69) is 14.8 Å². The normalized spacial score (nSPS) is 18.5. The Bertz CT molecular complexity index is 736. The molecule has 4 rings (SSSR count). The van der Waals surface area contributed by atoms with Crippen molar-refractivity contribution >= 4 is 18.2 Å². The van der Waals surface area contributed by atoms with Crippen LogP contribution in [0.3, 0.4) is 0 Å². The SMILES string of the molecule is Cl.FC(F)(F)c1ccccc1-c1ccc(N2CCN(C3CC3)CC2)nc1. The van der Waals surface area contributed by atoms with Crippen LogP contribution in [0.15, 0.2) is 42.6 Å². The molecule has 0 unspecified atom stereocenters. The van der Waals surface area contributed by atoms with Gasteiger partial charge in [-0.3, -0.25) is 4.90 Å². The number of nitrogens with zero attached hydrogens (tertiary/aromatic N) is 3. The average Bonchev–Trinajstić information content (AvgIpc) is 3.47. The maximum absolute atomic E-state index is 13.2. The molecule has 2 aromatic rings. The highest BCUT2D eigenvalue weighted by molar-refractivity contribution is 5.85. The quantitative estimate of drug-likeness (QED) is 0.779. The van der Waals surface area contributed by atoms with Gasteiger partial charge in [0.05, 0.1) is 5.56 Å². The lowest BCUT2D eigenvalue weighted by molar-refractivity contribution is -0.137. The van der Waals surface area contributed by atoms with E-state index in [1.165, 1.54) is 25.0 Å². The van der Waals surface area contributed by atoms with Crippen LogP contribution in [0.5, 0.6) is 0 Å². The fourth-order valence-electron chi connectivity index (χ4n) is 3.47. The molecule has 0 amide bonds. The monoisotopic (exact) mass is 383 g/mol. The molecule has 7 heteroatoms. The molecule has 0 N–H and O–H groups in total. The smallest absolute Gasteiger partial charge is 0.354 e. The number of rotatable bonds is 3. The van der Waals surface area contributed by atoms with E-state index >= 15 is 0 Å². The molecular formula is C19H21ClF3N3. The largest absolute Gasteiger partial charge is 0.417 e. The minimum absolute atomic E-state index is 0. The first-order valence-corrected chi connectivity index (χ1v) is 8.64. The average molecular weight is 384 g/mol. The molecule has 1 aromatic carbocycles. The van der Waals surface area contributed by atoms with Crippen LogP contribution in [0.1, 0.15) is 18.4 Å². The van der Waals surface area contributed by atoms with Gasteiger partial charge >= 0.3 is 6.18 Å². The summed E-state index contributed by atoms with van der Waals surface area (Å²) in [4.78, 5) is 9.15. The summed E-state index contributed by atoms with van der Waals surface area (Å²) in [5.74, 6) is 0.837. The molecule has 0 radical (unpaired) electrons. The minimum Gasteiger partial charge on any atom is -0.354 e. The lowest BCUT2D eigenvalue weighted by Crippen LogP contribution is -2.47. The van der Waals surface area contributed by atoms with Gasteiger partial charge in [-0.05, 0) is 36.6 Å². The Labute approximate surface area is 157 Å². The van der Waals surface area contributed by atoms with Crippen molar-refractivity contribution in [1.82, 2.24) is 9.88 Å². The Hall–Kier alpha value is -1.79. The maximum Gasteiger partial charge on any atom is 0.417 e. The number of benzene rings is 1. The van der Waals surface area contributed by atoms with Gasteiger partial charge in [0.25, 0.3) is 0 Å². The molecule has 140 valence electrons. The van der Waals surface area contributed by atoms with Crippen molar-refractivity contribution in [1.29, 1.82) is 0 Å². The number of hydrogen-bond acceptors (Lipinski definition) is 3. The summed E-state index contributed by atoms with van der Waals surface area (Å²) >= 11 is 0. The molecule has 0 atom stereocenters. The van der Waals surface area contributed by atoms with Gasteiger partial charge in [0.1, 0.15) is 5.82 Å². The summed E-state index contributed by atoms with van der Waals surface area (Å²) < 4.78 is 39.5. The summed E-state index contributed by atoms with van der Waals surface area (Å²) in [6, 6.07) is 9.98. The number of anilines is 1. The predicted octanol–water partition coefficient (Wildman–Crippen LogP) is 4.47. The Morgan fingerprint density at radius 2 is 1.62 bits per heavy atom. The topological polar surface area (TPSA) is 19.4 Å². The van der Waals surface area contributed by atoms with Crippen molar-refractivity contribution in [3.05, 3.63) is 48.2 Å². The molecule has 1 aromatic heterocycles. The zero-order valence-corrected chi connectivity index (χ0v) is 15.1. The van der Waals surface area contributed by atoms with Crippen molar-refractivity contribution in [3.8, 4) is 11.1 Å². The van der Waals surface area contributed by atoms with E-state index in [-0.39, 0.29) is 18.0 Å². The molecule has 2 fully saturated rings. The van der Waals surface area contributed by atoms with E-state index in [1.54, 1.807) is 18.3 Å². The van der Waals surface area contributed by atoms with Gasteiger partial charge in [0, 0.05) is 44.0 Å². The highest BCUT2D eigenvalue weighted by Gasteiger charge is 2.33. The second-order valence-corrected chi connectivity index (χ2v) is 6.70. The molecular weight excluding hydrogens is 363 g/mol. The fourth-order valence-corrected chi connectivity index (χ4v) is 3.47. The third-order valence-corrected chi connectivity index (χ3v) is 4.99. The molecule has 3 nitrogen and oxygen atoms in total. The summed E-state index contributed by atoms with van der Waals surface area (Å²) in [6.07, 6.45) is -0.196. The molecule has 1 aliphatic carbocycles. The molecule has 26 heavy (non-hydrogen) atoms. The van der Waals surface area contributed by atoms with Gasteiger partial charge in [0.2, 0.25) is 0 Å². The van der Waals surface area contributed by atoms with E-state index in [9.17, 15) is 13.2 Å². The van der Waals surface area contributed by atoms with Crippen LogP contribution in [0.25, 0.3) is 11.1 Å². The summed E-state index contributed by atoms with van der Waals surface area (Å²) in [6.45, 7) is 3.90. The van der Waals surface area contributed by atoms with Gasteiger partial charge in [-0.15, -0.1) is 12.4 Å². The van der Waals surface area contributed by atoms with Crippen LogP contribution < -0.4 is 4.90 Å². The van der Waals surface area contributed by atoms with Gasteiger partial charge in [-0.25, -0.2) is 4.98 Å². The van der Waals surface area contributed by atoms with Crippen LogP contribution in [-0.4, -0.2) is 42.1 Å². The Kier molecular flexibility index (Phi) is 5.44. The van der Waals surface area contributed by atoms with E-state index in [0.717, 1.165) is 44.1 Å².